The first kappa shape index (κ1) is 15.0. The van der Waals surface area contributed by atoms with Crippen LogP contribution in [-0.4, -0.2) is 42.1 Å². The second-order valence-corrected chi connectivity index (χ2v) is 6.57. The molecule has 0 atom stereocenters. The van der Waals surface area contributed by atoms with E-state index in [1.54, 1.807) is 16.4 Å². The number of tetrazole rings is 1. The van der Waals surface area contributed by atoms with Crippen molar-refractivity contribution < 1.29 is 0 Å². The minimum Gasteiger partial charge on any atom is -0.310 e. The molecule has 1 N–H and O–H groups in total. The van der Waals surface area contributed by atoms with Crippen LogP contribution in [0.5, 0.6) is 0 Å². The molecule has 0 spiro atoms. The highest BCUT2D eigenvalue weighted by Crippen LogP contribution is 2.18. The smallest absolute Gasteiger partial charge is 0.209 e. The molecule has 8 heteroatoms. The van der Waals surface area contributed by atoms with Crippen LogP contribution in [0.2, 0.25) is 0 Å². The largest absolute Gasteiger partial charge is 0.310 e. The second kappa shape index (κ2) is 6.36. The summed E-state index contributed by atoms with van der Waals surface area (Å²) >= 11 is 1.60. The molecule has 0 bridgehead atoms. The van der Waals surface area contributed by atoms with Gasteiger partial charge in [-0.2, -0.15) is 5.10 Å². The van der Waals surface area contributed by atoms with E-state index in [0.29, 0.717) is 0 Å². The van der Waals surface area contributed by atoms with Gasteiger partial charge in [0.05, 0.1) is 12.2 Å². The van der Waals surface area contributed by atoms with E-state index in [1.807, 2.05) is 24.0 Å². The second-order valence-electron chi connectivity index (χ2n) is 5.63. The Morgan fingerprint density at radius 2 is 2.15 bits per heavy atom. The average molecular weight is 295 g/mol. The minimum absolute atomic E-state index is 0.106. The van der Waals surface area contributed by atoms with E-state index in [0.717, 1.165) is 29.7 Å². The van der Waals surface area contributed by atoms with Crippen molar-refractivity contribution in [1.29, 1.82) is 0 Å². The molecule has 2 heterocycles. The van der Waals surface area contributed by atoms with Crippen molar-refractivity contribution in [3.05, 3.63) is 18.0 Å². The summed E-state index contributed by atoms with van der Waals surface area (Å²) < 4.78 is 3.62. The highest BCUT2D eigenvalue weighted by atomic mass is 32.2. The third-order valence-electron chi connectivity index (χ3n) is 2.60. The molecule has 2 aromatic rings. The maximum absolute atomic E-state index is 4.34. The van der Waals surface area contributed by atoms with Gasteiger partial charge in [-0.1, -0.05) is 11.8 Å². The van der Waals surface area contributed by atoms with Crippen LogP contribution >= 0.6 is 11.8 Å². The molecule has 0 aliphatic carbocycles. The van der Waals surface area contributed by atoms with Crippen molar-refractivity contribution in [1.82, 2.24) is 35.3 Å². The Morgan fingerprint density at radius 3 is 2.80 bits per heavy atom. The number of hydrogen-bond donors (Lipinski definition) is 1. The Hall–Kier alpha value is -1.41. The Balaban J connectivity index is 1.85. The van der Waals surface area contributed by atoms with E-state index < -0.39 is 0 Å². The van der Waals surface area contributed by atoms with Gasteiger partial charge in [-0.25, -0.2) is 4.68 Å². The number of thioether (sulfide) groups is 1. The highest BCUT2D eigenvalue weighted by molar-refractivity contribution is 7.98. The SMILES string of the molecule is Cn1ccc(CSc2nnnn2CCNC(C)(C)C)n1. The summed E-state index contributed by atoms with van der Waals surface area (Å²) in [5.74, 6) is 0.772. The van der Waals surface area contributed by atoms with Gasteiger partial charge in [-0.15, -0.1) is 5.10 Å². The van der Waals surface area contributed by atoms with E-state index in [-0.39, 0.29) is 5.54 Å². The summed E-state index contributed by atoms with van der Waals surface area (Å²) in [5.41, 5.74) is 1.13. The lowest BCUT2D eigenvalue weighted by Gasteiger charge is -2.20. The molecular weight excluding hydrogens is 274 g/mol. The average Bonchev–Trinajstić information content (AvgIpc) is 2.94. The number of aromatic nitrogens is 6. The number of aryl methyl sites for hydroxylation is 1. The van der Waals surface area contributed by atoms with Crippen LogP contribution in [-0.2, 0) is 19.3 Å². The molecule has 0 aliphatic rings. The summed E-state index contributed by atoms with van der Waals surface area (Å²) in [6, 6.07) is 2.00. The quantitative estimate of drug-likeness (QED) is 0.804. The molecule has 0 unspecified atom stereocenters. The number of hydrogen-bond acceptors (Lipinski definition) is 6. The Morgan fingerprint density at radius 1 is 1.35 bits per heavy atom. The van der Waals surface area contributed by atoms with Crippen molar-refractivity contribution in [3.63, 3.8) is 0 Å². The molecule has 2 aromatic heterocycles. The first-order valence-electron chi connectivity index (χ1n) is 6.56. The molecule has 0 amide bonds. The van der Waals surface area contributed by atoms with E-state index in [2.05, 4.69) is 46.7 Å². The first-order valence-corrected chi connectivity index (χ1v) is 7.55. The van der Waals surface area contributed by atoms with Gasteiger partial charge in [0.2, 0.25) is 5.16 Å². The maximum atomic E-state index is 4.34. The zero-order chi connectivity index (χ0) is 14.6. The summed E-state index contributed by atoms with van der Waals surface area (Å²) in [5, 5.41) is 20.4. The summed E-state index contributed by atoms with van der Waals surface area (Å²) in [4.78, 5) is 0. The fourth-order valence-electron chi connectivity index (χ4n) is 1.66. The standard InChI is InChI=1S/C12H21N7S/c1-12(2,3)13-6-8-19-11(14-16-17-19)20-9-10-5-7-18(4)15-10/h5,7,13H,6,8-9H2,1-4H3. The molecule has 0 aliphatic heterocycles. The number of nitrogens with zero attached hydrogens (tertiary/aromatic N) is 6. The fourth-order valence-corrected chi connectivity index (χ4v) is 2.46. The lowest BCUT2D eigenvalue weighted by molar-refractivity contribution is 0.396. The first-order chi connectivity index (χ1) is 9.44. The molecule has 0 saturated carbocycles. The van der Waals surface area contributed by atoms with Gasteiger partial charge >= 0.3 is 0 Å². The lowest BCUT2D eigenvalue weighted by atomic mass is 10.1. The number of rotatable bonds is 6. The molecule has 0 radical (unpaired) electrons. The molecule has 0 fully saturated rings. The van der Waals surface area contributed by atoms with E-state index in [4.69, 9.17) is 0 Å². The molecule has 20 heavy (non-hydrogen) atoms. The zero-order valence-corrected chi connectivity index (χ0v) is 13.2. The molecule has 2 rings (SSSR count). The fraction of sp³-hybridized carbons (Fsp3) is 0.667. The van der Waals surface area contributed by atoms with Gasteiger partial charge in [0.1, 0.15) is 0 Å². The number of nitrogens with one attached hydrogen (secondary N) is 1. The van der Waals surface area contributed by atoms with Gasteiger partial charge in [-0.05, 0) is 37.3 Å². The Bertz CT molecular complexity index is 540. The van der Waals surface area contributed by atoms with Crippen LogP contribution in [0, 0.1) is 0 Å². The topological polar surface area (TPSA) is 73.5 Å². The monoisotopic (exact) mass is 295 g/mol. The Labute approximate surface area is 123 Å². The van der Waals surface area contributed by atoms with E-state index >= 15 is 0 Å². The molecule has 0 aromatic carbocycles. The van der Waals surface area contributed by atoms with Crippen LogP contribution < -0.4 is 5.32 Å². The third-order valence-corrected chi connectivity index (χ3v) is 3.59. The predicted molar refractivity (Wildman–Crippen MR) is 78.3 cm³/mol. The molecule has 0 saturated heterocycles. The highest BCUT2D eigenvalue weighted by Gasteiger charge is 2.11. The maximum Gasteiger partial charge on any atom is 0.209 e. The normalized spacial score (nSPS) is 12.0. The van der Waals surface area contributed by atoms with Crippen LogP contribution in [0.15, 0.2) is 17.4 Å². The van der Waals surface area contributed by atoms with Crippen LogP contribution in [0.1, 0.15) is 26.5 Å². The van der Waals surface area contributed by atoms with Gasteiger partial charge in [0.25, 0.3) is 0 Å². The van der Waals surface area contributed by atoms with E-state index in [9.17, 15) is 0 Å². The van der Waals surface area contributed by atoms with Gasteiger partial charge in [0, 0.05) is 31.1 Å². The van der Waals surface area contributed by atoms with Gasteiger partial charge in [-0.3, -0.25) is 4.68 Å². The minimum atomic E-state index is 0.106. The summed E-state index contributed by atoms with van der Waals surface area (Å²) in [7, 11) is 1.91. The molecule has 7 nitrogen and oxygen atoms in total. The lowest BCUT2D eigenvalue weighted by Crippen LogP contribution is -2.38. The van der Waals surface area contributed by atoms with Crippen molar-refractivity contribution in [3.8, 4) is 0 Å². The molecule has 110 valence electrons. The van der Waals surface area contributed by atoms with Crippen LogP contribution in [0.4, 0.5) is 0 Å². The summed E-state index contributed by atoms with van der Waals surface area (Å²) in [6.45, 7) is 8.02. The van der Waals surface area contributed by atoms with Crippen molar-refractivity contribution in [2.24, 2.45) is 7.05 Å². The molecular formula is C12H21N7S. The van der Waals surface area contributed by atoms with Crippen molar-refractivity contribution in [2.45, 2.75) is 43.8 Å². The van der Waals surface area contributed by atoms with Crippen molar-refractivity contribution >= 4 is 11.8 Å². The van der Waals surface area contributed by atoms with Gasteiger partial charge < -0.3 is 5.32 Å². The third kappa shape index (κ3) is 4.61. The zero-order valence-electron chi connectivity index (χ0n) is 12.4. The Kier molecular flexibility index (Phi) is 4.77. The van der Waals surface area contributed by atoms with E-state index in [1.165, 1.54) is 0 Å². The van der Waals surface area contributed by atoms with Crippen LogP contribution in [0.25, 0.3) is 0 Å². The van der Waals surface area contributed by atoms with Crippen LogP contribution in [0.3, 0.4) is 0 Å². The predicted octanol–water partition coefficient (Wildman–Crippen LogP) is 1.09. The summed E-state index contributed by atoms with van der Waals surface area (Å²) in [6.07, 6.45) is 1.94. The van der Waals surface area contributed by atoms with Gasteiger partial charge in [0.15, 0.2) is 0 Å². The van der Waals surface area contributed by atoms with Crippen molar-refractivity contribution in [2.75, 3.05) is 6.54 Å².